The molecule has 3 rings (SSSR count). The first-order chi connectivity index (χ1) is 8.84. The van der Waals surface area contributed by atoms with Crippen molar-refractivity contribution < 1.29 is 0 Å². The minimum atomic E-state index is 0.791. The van der Waals surface area contributed by atoms with Crippen LogP contribution in [-0.4, -0.2) is 24.0 Å². The second-order valence-corrected chi connectivity index (χ2v) is 6.23. The van der Waals surface area contributed by atoms with Gasteiger partial charge in [-0.1, -0.05) is 43.7 Å². The van der Waals surface area contributed by atoms with Crippen LogP contribution in [0.15, 0.2) is 30.3 Å². The van der Waals surface area contributed by atoms with Gasteiger partial charge < -0.3 is 0 Å². The molecule has 1 saturated heterocycles. The van der Waals surface area contributed by atoms with Crippen molar-refractivity contribution in [2.45, 2.75) is 51.0 Å². The Labute approximate surface area is 111 Å². The fourth-order valence-electron chi connectivity index (χ4n) is 3.83. The van der Waals surface area contributed by atoms with Crippen molar-refractivity contribution >= 4 is 0 Å². The molecule has 1 aliphatic carbocycles. The van der Waals surface area contributed by atoms with Crippen molar-refractivity contribution in [2.24, 2.45) is 5.92 Å². The van der Waals surface area contributed by atoms with E-state index in [0.717, 1.165) is 17.9 Å². The summed E-state index contributed by atoms with van der Waals surface area (Å²) in [5.41, 5.74) is 1.57. The molecule has 0 spiro atoms. The number of hydrogen-bond acceptors (Lipinski definition) is 1. The Hall–Kier alpha value is -0.820. The monoisotopic (exact) mass is 243 g/mol. The van der Waals surface area contributed by atoms with Crippen LogP contribution in [0.5, 0.6) is 0 Å². The van der Waals surface area contributed by atoms with Crippen LogP contribution in [0.4, 0.5) is 0 Å². The fourth-order valence-corrected chi connectivity index (χ4v) is 3.83. The van der Waals surface area contributed by atoms with Gasteiger partial charge >= 0.3 is 0 Å². The maximum Gasteiger partial charge on any atom is 0.0164 e. The summed E-state index contributed by atoms with van der Waals surface area (Å²) in [5.74, 6) is 1.73. The molecule has 2 atom stereocenters. The normalized spacial score (nSPS) is 30.7. The Morgan fingerprint density at radius 1 is 0.944 bits per heavy atom. The van der Waals surface area contributed by atoms with Crippen LogP contribution in [0.3, 0.4) is 0 Å². The second-order valence-electron chi connectivity index (χ2n) is 6.23. The van der Waals surface area contributed by atoms with Gasteiger partial charge in [0.1, 0.15) is 0 Å². The molecule has 1 aromatic rings. The topological polar surface area (TPSA) is 3.24 Å². The molecular weight excluding hydrogens is 218 g/mol. The predicted molar refractivity (Wildman–Crippen MR) is 76.8 cm³/mol. The Bertz CT molecular complexity index is 364. The lowest BCUT2D eigenvalue weighted by molar-refractivity contribution is 0.130. The Morgan fingerprint density at radius 3 is 2.39 bits per heavy atom. The molecule has 2 unspecified atom stereocenters. The molecule has 1 saturated carbocycles. The first kappa shape index (κ1) is 12.2. The average molecular weight is 243 g/mol. The Balaban J connectivity index is 1.71. The lowest BCUT2D eigenvalue weighted by atomic mass is 9.90. The Morgan fingerprint density at radius 2 is 1.67 bits per heavy atom. The van der Waals surface area contributed by atoms with Crippen LogP contribution in [0.1, 0.15) is 50.5 Å². The highest BCUT2D eigenvalue weighted by Crippen LogP contribution is 2.39. The van der Waals surface area contributed by atoms with Crippen LogP contribution in [0.25, 0.3) is 0 Å². The highest BCUT2D eigenvalue weighted by Gasteiger charge is 2.34. The van der Waals surface area contributed by atoms with Gasteiger partial charge in [-0.15, -0.1) is 0 Å². The zero-order valence-corrected chi connectivity index (χ0v) is 11.5. The summed E-state index contributed by atoms with van der Waals surface area (Å²) in [6, 6.07) is 12.0. The summed E-state index contributed by atoms with van der Waals surface area (Å²) in [5, 5.41) is 0. The van der Waals surface area contributed by atoms with E-state index in [9.17, 15) is 0 Å². The van der Waals surface area contributed by atoms with Crippen LogP contribution in [0.2, 0.25) is 0 Å². The molecule has 98 valence electrons. The highest BCUT2D eigenvalue weighted by atomic mass is 15.2. The Kier molecular flexibility index (Phi) is 3.69. The van der Waals surface area contributed by atoms with E-state index in [1.54, 1.807) is 5.56 Å². The lowest BCUT2D eigenvalue weighted by Gasteiger charge is -2.38. The zero-order chi connectivity index (χ0) is 12.4. The molecule has 18 heavy (non-hydrogen) atoms. The van der Waals surface area contributed by atoms with E-state index in [2.05, 4.69) is 42.2 Å². The summed E-state index contributed by atoms with van der Waals surface area (Å²) >= 11 is 0. The van der Waals surface area contributed by atoms with E-state index in [-0.39, 0.29) is 0 Å². The molecular formula is C17H25N. The van der Waals surface area contributed by atoms with Gasteiger partial charge in [0.2, 0.25) is 0 Å². The van der Waals surface area contributed by atoms with Crippen LogP contribution < -0.4 is 0 Å². The van der Waals surface area contributed by atoms with E-state index in [1.807, 2.05) is 0 Å². The second kappa shape index (κ2) is 5.44. The first-order valence-electron chi connectivity index (χ1n) is 7.63. The number of piperidine rings is 1. The van der Waals surface area contributed by atoms with Crippen molar-refractivity contribution in [3.8, 4) is 0 Å². The molecule has 2 fully saturated rings. The highest BCUT2D eigenvalue weighted by molar-refractivity contribution is 5.22. The van der Waals surface area contributed by atoms with Crippen molar-refractivity contribution in [3.05, 3.63) is 35.9 Å². The van der Waals surface area contributed by atoms with Gasteiger partial charge in [-0.2, -0.15) is 0 Å². The van der Waals surface area contributed by atoms with Gasteiger partial charge in [-0.25, -0.2) is 0 Å². The van der Waals surface area contributed by atoms with E-state index >= 15 is 0 Å². The minimum absolute atomic E-state index is 0.791. The third-order valence-corrected chi connectivity index (χ3v) is 4.99. The summed E-state index contributed by atoms with van der Waals surface area (Å²) in [6.45, 7) is 5.06. The van der Waals surface area contributed by atoms with Gasteiger partial charge in [0.25, 0.3) is 0 Å². The SMILES string of the molecule is CC1CCN(C2CCCC2c2ccccc2)CC1. The zero-order valence-electron chi connectivity index (χ0n) is 11.5. The first-order valence-corrected chi connectivity index (χ1v) is 7.63. The van der Waals surface area contributed by atoms with Crippen LogP contribution in [-0.2, 0) is 0 Å². The molecule has 1 aliphatic heterocycles. The van der Waals surface area contributed by atoms with Crippen LogP contribution in [0, 0.1) is 5.92 Å². The number of benzene rings is 1. The predicted octanol–water partition coefficient (Wildman–Crippen LogP) is 4.05. The summed E-state index contributed by atoms with van der Waals surface area (Å²) in [6.07, 6.45) is 7.01. The molecule has 0 aromatic heterocycles. The standard InChI is InChI=1S/C17H25N/c1-14-10-12-18(13-11-14)17-9-5-8-16(17)15-6-3-2-4-7-15/h2-4,6-7,14,16-17H,5,8-13H2,1H3. The third kappa shape index (κ3) is 2.47. The molecule has 2 aliphatic rings. The summed E-state index contributed by atoms with van der Waals surface area (Å²) in [4.78, 5) is 2.78. The maximum absolute atomic E-state index is 2.78. The van der Waals surface area contributed by atoms with E-state index < -0.39 is 0 Å². The third-order valence-electron chi connectivity index (χ3n) is 4.99. The molecule has 0 N–H and O–H groups in total. The van der Waals surface area contributed by atoms with E-state index in [4.69, 9.17) is 0 Å². The molecule has 1 nitrogen and oxygen atoms in total. The molecule has 0 bridgehead atoms. The maximum atomic E-state index is 2.78. The lowest BCUT2D eigenvalue weighted by Crippen LogP contribution is -2.42. The molecule has 1 heteroatoms. The number of rotatable bonds is 2. The van der Waals surface area contributed by atoms with Crippen molar-refractivity contribution in [1.29, 1.82) is 0 Å². The van der Waals surface area contributed by atoms with Crippen molar-refractivity contribution in [1.82, 2.24) is 4.90 Å². The summed E-state index contributed by atoms with van der Waals surface area (Å²) in [7, 11) is 0. The molecule has 0 radical (unpaired) electrons. The van der Waals surface area contributed by atoms with E-state index in [0.29, 0.717) is 0 Å². The van der Waals surface area contributed by atoms with E-state index in [1.165, 1.54) is 45.2 Å². The molecule has 1 aromatic carbocycles. The van der Waals surface area contributed by atoms with Gasteiger partial charge in [0.05, 0.1) is 0 Å². The van der Waals surface area contributed by atoms with Gasteiger partial charge in [0, 0.05) is 6.04 Å². The van der Waals surface area contributed by atoms with Gasteiger partial charge in [0.15, 0.2) is 0 Å². The number of nitrogens with zero attached hydrogens (tertiary/aromatic N) is 1. The van der Waals surface area contributed by atoms with Crippen molar-refractivity contribution in [2.75, 3.05) is 13.1 Å². The van der Waals surface area contributed by atoms with Gasteiger partial charge in [-0.05, 0) is 56.2 Å². The van der Waals surface area contributed by atoms with Gasteiger partial charge in [-0.3, -0.25) is 4.90 Å². The molecule has 1 heterocycles. The minimum Gasteiger partial charge on any atom is -0.300 e. The van der Waals surface area contributed by atoms with Crippen molar-refractivity contribution in [3.63, 3.8) is 0 Å². The quantitative estimate of drug-likeness (QED) is 0.757. The largest absolute Gasteiger partial charge is 0.300 e. The summed E-state index contributed by atoms with van der Waals surface area (Å²) < 4.78 is 0. The molecule has 0 amide bonds. The average Bonchev–Trinajstić information content (AvgIpc) is 2.90. The smallest absolute Gasteiger partial charge is 0.0164 e. The van der Waals surface area contributed by atoms with Crippen LogP contribution >= 0.6 is 0 Å². The number of likely N-dealkylation sites (tertiary alicyclic amines) is 1. The number of hydrogen-bond donors (Lipinski definition) is 0. The fraction of sp³-hybridized carbons (Fsp3) is 0.647.